The number of pyridine rings is 1. The highest BCUT2D eigenvalue weighted by atomic mass is 16.4. The third-order valence-electron chi connectivity index (χ3n) is 2.45. The van der Waals surface area contributed by atoms with Crippen molar-refractivity contribution in [1.29, 1.82) is 0 Å². The zero-order chi connectivity index (χ0) is 10.1. The number of aliphatic carboxylic acids is 1. The van der Waals surface area contributed by atoms with Crippen LogP contribution < -0.4 is 11.1 Å². The van der Waals surface area contributed by atoms with Crippen molar-refractivity contribution < 1.29 is 9.90 Å². The lowest BCUT2D eigenvalue weighted by molar-refractivity contribution is -0.138. The maximum absolute atomic E-state index is 10.7. The number of nitrogens with one attached hydrogen (secondary N) is 1. The number of carbonyl (C=O) groups is 1. The highest BCUT2D eigenvalue weighted by Gasteiger charge is 2.31. The zero-order valence-corrected chi connectivity index (χ0v) is 7.47. The average Bonchev–Trinajstić information content (AvgIpc) is 2.60. The first-order valence-corrected chi connectivity index (χ1v) is 4.37. The lowest BCUT2D eigenvalue weighted by Crippen LogP contribution is -2.37. The molecule has 0 fully saturated rings. The van der Waals surface area contributed by atoms with Crippen LogP contribution in [0, 0.1) is 0 Å². The topological polar surface area (TPSA) is 88.2 Å². The predicted octanol–water partition coefficient (Wildman–Crippen LogP) is 0.00260. The lowest BCUT2D eigenvalue weighted by atomic mass is 9.95. The summed E-state index contributed by atoms with van der Waals surface area (Å²) in [6.45, 7) is 0.541. The first-order valence-electron chi connectivity index (χ1n) is 4.37. The van der Waals surface area contributed by atoms with Gasteiger partial charge in [0.25, 0.3) is 0 Å². The largest absolute Gasteiger partial charge is 0.480 e. The number of aromatic nitrogens is 1. The van der Waals surface area contributed by atoms with Crippen molar-refractivity contribution in [2.75, 3.05) is 11.9 Å². The third kappa shape index (κ3) is 1.31. The van der Waals surface area contributed by atoms with Crippen molar-refractivity contribution in [2.24, 2.45) is 5.73 Å². The lowest BCUT2D eigenvalue weighted by Gasteiger charge is -2.13. The minimum absolute atomic E-state index is 0.184. The summed E-state index contributed by atoms with van der Waals surface area (Å²) in [5, 5.41) is 11.8. The summed E-state index contributed by atoms with van der Waals surface area (Å²) < 4.78 is 0. The molecule has 5 nitrogen and oxygen atoms in total. The monoisotopic (exact) mass is 193 g/mol. The molecule has 5 heteroatoms. The van der Waals surface area contributed by atoms with Crippen LogP contribution in [0.2, 0.25) is 0 Å². The molecule has 1 aromatic heterocycles. The van der Waals surface area contributed by atoms with Crippen molar-refractivity contribution in [3.63, 3.8) is 0 Å². The van der Waals surface area contributed by atoms with Gasteiger partial charge in [-0.15, -0.1) is 0 Å². The van der Waals surface area contributed by atoms with Crippen LogP contribution in [-0.2, 0) is 4.79 Å². The fourth-order valence-electron chi connectivity index (χ4n) is 1.67. The zero-order valence-electron chi connectivity index (χ0n) is 7.47. The van der Waals surface area contributed by atoms with E-state index >= 15 is 0 Å². The minimum atomic E-state index is -0.978. The molecular weight excluding hydrogens is 182 g/mol. The number of nitrogens with two attached hydrogens (primary N) is 1. The van der Waals surface area contributed by atoms with Gasteiger partial charge in [-0.2, -0.15) is 0 Å². The molecule has 2 heterocycles. The van der Waals surface area contributed by atoms with E-state index in [1.165, 1.54) is 0 Å². The Morgan fingerprint density at radius 3 is 3.29 bits per heavy atom. The first kappa shape index (κ1) is 8.96. The van der Waals surface area contributed by atoms with Crippen molar-refractivity contribution in [3.8, 4) is 0 Å². The summed E-state index contributed by atoms with van der Waals surface area (Å²) in [4.78, 5) is 14.8. The summed E-state index contributed by atoms with van der Waals surface area (Å²) in [5.74, 6) is -0.418. The van der Waals surface area contributed by atoms with Crippen LogP contribution in [-0.4, -0.2) is 28.6 Å². The van der Waals surface area contributed by atoms with Crippen molar-refractivity contribution in [2.45, 2.75) is 12.0 Å². The Balaban J connectivity index is 2.30. The van der Waals surface area contributed by atoms with Gasteiger partial charge in [0, 0.05) is 24.2 Å². The van der Waals surface area contributed by atoms with E-state index in [4.69, 9.17) is 10.8 Å². The molecule has 1 aliphatic heterocycles. The van der Waals surface area contributed by atoms with Gasteiger partial charge in [-0.25, -0.2) is 4.98 Å². The van der Waals surface area contributed by atoms with Crippen LogP contribution >= 0.6 is 0 Å². The molecule has 4 N–H and O–H groups in total. The molecule has 0 saturated carbocycles. The van der Waals surface area contributed by atoms with E-state index < -0.39 is 12.0 Å². The number of fused-ring (bicyclic) bond motifs is 1. The number of carboxylic acids is 1. The Hall–Kier alpha value is -1.62. The second kappa shape index (κ2) is 3.26. The molecule has 14 heavy (non-hydrogen) atoms. The molecule has 0 saturated heterocycles. The normalized spacial score (nSPS) is 21.1. The van der Waals surface area contributed by atoms with E-state index in [2.05, 4.69) is 10.3 Å². The number of hydrogen-bond acceptors (Lipinski definition) is 4. The van der Waals surface area contributed by atoms with Gasteiger partial charge < -0.3 is 16.2 Å². The second-order valence-corrected chi connectivity index (χ2v) is 3.29. The number of hydrogen-bond donors (Lipinski definition) is 3. The van der Waals surface area contributed by atoms with Gasteiger partial charge in [-0.05, 0) is 6.07 Å². The van der Waals surface area contributed by atoms with E-state index in [1.807, 2.05) is 6.07 Å². The molecule has 0 spiro atoms. The van der Waals surface area contributed by atoms with Crippen LogP contribution in [0.5, 0.6) is 0 Å². The molecule has 1 aliphatic rings. The van der Waals surface area contributed by atoms with Crippen LogP contribution in [0.1, 0.15) is 11.5 Å². The molecule has 2 atom stereocenters. The van der Waals surface area contributed by atoms with Crippen LogP contribution in [0.4, 0.5) is 5.82 Å². The number of anilines is 1. The number of rotatable bonds is 2. The van der Waals surface area contributed by atoms with Crippen LogP contribution in [0.25, 0.3) is 0 Å². The van der Waals surface area contributed by atoms with E-state index in [0.717, 1.165) is 11.4 Å². The van der Waals surface area contributed by atoms with Crippen molar-refractivity contribution in [1.82, 2.24) is 4.98 Å². The molecule has 0 bridgehead atoms. The van der Waals surface area contributed by atoms with Gasteiger partial charge in [0.2, 0.25) is 0 Å². The average molecular weight is 193 g/mol. The van der Waals surface area contributed by atoms with Gasteiger partial charge in [0.15, 0.2) is 0 Å². The Kier molecular flexibility index (Phi) is 2.09. The minimum Gasteiger partial charge on any atom is -0.480 e. The Morgan fingerprint density at radius 2 is 2.57 bits per heavy atom. The summed E-state index contributed by atoms with van der Waals surface area (Å²) in [6, 6.07) is 2.77. The molecule has 0 aromatic carbocycles. The van der Waals surface area contributed by atoms with E-state index in [1.54, 1.807) is 12.3 Å². The standard InChI is InChI=1S/C9H11N3O2/c10-7(9(13)14)6-4-12-8-5(6)2-1-3-11-8/h1-3,6-7H,4,10H2,(H,11,12)(H,13,14). The Bertz CT molecular complexity index is 367. The van der Waals surface area contributed by atoms with Gasteiger partial charge in [-0.3, -0.25) is 4.79 Å². The Morgan fingerprint density at radius 1 is 1.79 bits per heavy atom. The molecule has 1 aromatic rings. The Labute approximate surface area is 81.0 Å². The first-order chi connectivity index (χ1) is 6.70. The van der Waals surface area contributed by atoms with Crippen molar-refractivity contribution in [3.05, 3.63) is 23.9 Å². The third-order valence-corrected chi connectivity index (χ3v) is 2.45. The molecule has 0 radical (unpaired) electrons. The second-order valence-electron chi connectivity index (χ2n) is 3.29. The quantitative estimate of drug-likeness (QED) is 0.615. The van der Waals surface area contributed by atoms with Gasteiger partial charge in [-0.1, -0.05) is 6.07 Å². The van der Waals surface area contributed by atoms with E-state index in [0.29, 0.717) is 6.54 Å². The fourth-order valence-corrected chi connectivity index (χ4v) is 1.67. The molecule has 0 amide bonds. The summed E-state index contributed by atoms with van der Waals surface area (Å²) >= 11 is 0. The van der Waals surface area contributed by atoms with Gasteiger partial charge in [0.05, 0.1) is 0 Å². The maximum atomic E-state index is 10.7. The SMILES string of the molecule is NC(C(=O)O)C1CNc2ncccc21. The molecule has 2 unspecified atom stereocenters. The number of carboxylic acid groups (broad SMARTS) is 1. The van der Waals surface area contributed by atoms with Crippen molar-refractivity contribution >= 4 is 11.8 Å². The number of nitrogens with zero attached hydrogens (tertiary/aromatic N) is 1. The van der Waals surface area contributed by atoms with E-state index in [-0.39, 0.29) is 5.92 Å². The predicted molar refractivity (Wildman–Crippen MR) is 51.1 cm³/mol. The smallest absolute Gasteiger partial charge is 0.321 e. The fraction of sp³-hybridized carbons (Fsp3) is 0.333. The summed E-state index contributed by atoms with van der Waals surface area (Å²) in [7, 11) is 0. The highest BCUT2D eigenvalue weighted by Crippen LogP contribution is 2.30. The van der Waals surface area contributed by atoms with E-state index in [9.17, 15) is 4.79 Å². The van der Waals surface area contributed by atoms with Crippen LogP contribution in [0.15, 0.2) is 18.3 Å². The van der Waals surface area contributed by atoms with Crippen LogP contribution in [0.3, 0.4) is 0 Å². The molecule has 74 valence electrons. The van der Waals surface area contributed by atoms with Gasteiger partial charge in [0.1, 0.15) is 11.9 Å². The highest BCUT2D eigenvalue weighted by molar-refractivity contribution is 5.76. The molecule has 2 rings (SSSR count). The summed E-state index contributed by atoms with van der Waals surface area (Å²) in [6.07, 6.45) is 1.67. The molecule has 0 aliphatic carbocycles. The maximum Gasteiger partial charge on any atom is 0.321 e. The summed E-state index contributed by atoms with van der Waals surface area (Å²) in [5.41, 5.74) is 6.46. The molecular formula is C9H11N3O2. The van der Waals surface area contributed by atoms with Gasteiger partial charge >= 0.3 is 5.97 Å².